The fraction of sp³-hybridized carbons (Fsp3) is 0.357. The third-order valence-electron chi connectivity index (χ3n) is 3.44. The Kier molecular flexibility index (Phi) is 4.17. The molecule has 0 radical (unpaired) electrons. The molecule has 0 unspecified atom stereocenters. The van der Waals surface area contributed by atoms with Gasteiger partial charge in [-0.15, -0.1) is 10.2 Å². The smallest absolute Gasteiger partial charge is 0.211 e. The van der Waals surface area contributed by atoms with Crippen molar-refractivity contribution in [1.29, 1.82) is 0 Å². The van der Waals surface area contributed by atoms with Crippen LogP contribution in [0.25, 0.3) is 4.96 Å². The van der Waals surface area contributed by atoms with Crippen molar-refractivity contribution in [3.05, 3.63) is 40.2 Å². The molecule has 0 saturated carbocycles. The van der Waals surface area contributed by atoms with E-state index in [2.05, 4.69) is 20.0 Å². The number of rotatable bonds is 5. The van der Waals surface area contributed by atoms with Crippen LogP contribution in [-0.4, -0.2) is 34.8 Å². The Morgan fingerprint density at radius 3 is 2.70 bits per heavy atom. The first-order valence-electron chi connectivity index (χ1n) is 7.11. The minimum Gasteiger partial charge on any atom is -0.211 e. The van der Waals surface area contributed by atoms with E-state index in [-0.39, 0.29) is 0 Å². The molecule has 122 valence electrons. The zero-order chi connectivity index (χ0) is 16.6. The largest absolute Gasteiger partial charge is 0.240 e. The van der Waals surface area contributed by atoms with Gasteiger partial charge in [0, 0.05) is 13.0 Å². The molecule has 1 aromatic carbocycles. The number of hydrogen-bond donors (Lipinski definition) is 1. The van der Waals surface area contributed by atoms with E-state index in [9.17, 15) is 8.42 Å². The fourth-order valence-corrected chi connectivity index (χ4v) is 4.46. The molecule has 0 spiro atoms. The monoisotopic (exact) mass is 351 g/mol. The summed E-state index contributed by atoms with van der Waals surface area (Å²) in [4.78, 5) is 1.03. The van der Waals surface area contributed by atoms with E-state index in [1.807, 2.05) is 19.9 Å². The first kappa shape index (κ1) is 16.0. The van der Waals surface area contributed by atoms with Gasteiger partial charge in [0.05, 0.1) is 4.90 Å². The number of benzene rings is 1. The summed E-state index contributed by atoms with van der Waals surface area (Å²) < 4.78 is 29.0. The highest BCUT2D eigenvalue weighted by Crippen LogP contribution is 2.17. The molecule has 1 N–H and O–H groups in total. The third kappa shape index (κ3) is 3.26. The van der Waals surface area contributed by atoms with E-state index >= 15 is 0 Å². The maximum absolute atomic E-state index is 12.4. The zero-order valence-corrected chi connectivity index (χ0v) is 14.7. The highest BCUT2D eigenvalue weighted by Gasteiger charge is 2.17. The van der Waals surface area contributed by atoms with Crippen molar-refractivity contribution in [2.75, 3.05) is 6.54 Å². The quantitative estimate of drug-likeness (QED) is 0.755. The molecule has 23 heavy (non-hydrogen) atoms. The Hall–Kier alpha value is -1.84. The SMILES string of the molecule is Cc1ccc(S(=O)(=O)NCCc2nn3c(C)nnc3s2)c(C)c1. The van der Waals surface area contributed by atoms with Gasteiger partial charge in [0.25, 0.3) is 0 Å². The van der Waals surface area contributed by atoms with Crippen molar-refractivity contribution >= 4 is 26.3 Å². The minimum atomic E-state index is -3.51. The predicted octanol–water partition coefficient (Wildman–Crippen LogP) is 1.63. The number of hydrogen-bond acceptors (Lipinski definition) is 6. The van der Waals surface area contributed by atoms with Gasteiger partial charge in [0.15, 0.2) is 5.82 Å². The average Bonchev–Trinajstić information content (AvgIpc) is 3.00. The summed E-state index contributed by atoms with van der Waals surface area (Å²) in [5, 5.41) is 13.1. The van der Waals surface area contributed by atoms with Crippen molar-refractivity contribution < 1.29 is 8.42 Å². The van der Waals surface area contributed by atoms with Gasteiger partial charge < -0.3 is 0 Å². The normalized spacial score (nSPS) is 12.1. The highest BCUT2D eigenvalue weighted by molar-refractivity contribution is 7.89. The van der Waals surface area contributed by atoms with E-state index in [0.29, 0.717) is 17.9 Å². The van der Waals surface area contributed by atoms with E-state index in [1.54, 1.807) is 23.6 Å². The van der Waals surface area contributed by atoms with Crippen molar-refractivity contribution in [2.45, 2.75) is 32.1 Å². The number of aryl methyl sites for hydroxylation is 3. The molecule has 0 aliphatic heterocycles. The lowest BCUT2D eigenvalue weighted by Gasteiger charge is -2.09. The Morgan fingerprint density at radius 2 is 2.00 bits per heavy atom. The van der Waals surface area contributed by atoms with Crippen LogP contribution in [0.2, 0.25) is 0 Å². The number of aromatic nitrogens is 4. The molecule has 0 aliphatic rings. The first-order valence-corrected chi connectivity index (χ1v) is 9.41. The summed E-state index contributed by atoms with van der Waals surface area (Å²) in [6.07, 6.45) is 0.512. The molecule has 9 heteroatoms. The topological polar surface area (TPSA) is 89.2 Å². The number of nitrogens with one attached hydrogen (secondary N) is 1. The van der Waals surface area contributed by atoms with Gasteiger partial charge in [-0.1, -0.05) is 29.0 Å². The van der Waals surface area contributed by atoms with Crippen LogP contribution in [0.15, 0.2) is 23.1 Å². The Balaban J connectivity index is 1.69. The lowest BCUT2D eigenvalue weighted by atomic mass is 10.2. The minimum absolute atomic E-state index is 0.290. The standard InChI is InChI=1S/C14H17N5O2S2/c1-9-4-5-12(10(2)8-9)23(20,21)15-7-6-13-18-19-11(3)16-17-14(19)22-13/h4-5,8,15H,6-7H2,1-3H3. The van der Waals surface area contributed by atoms with Crippen LogP contribution in [0.1, 0.15) is 22.0 Å². The lowest BCUT2D eigenvalue weighted by molar-refractivity contribution is 0.580. The summed E-state index contributed by atoms with van der Waals surface area (Å²) in [7, 11) is -3.51. The van der Waals surface area contributed by atoms with Gasteiger partial charge in [0.1, 0.15) is 5.01 Å². The number of nitrogens with zero attached hydrogens (tertiary/aromatic N) is 4. The first-order chi connectivity index (χ1) is 10.9. The molecule has 2 heterocycles. The molecule has 0 bridgehead atoms. The van der Waals surface area contributed by atoms with Gasteiger partial charge in [-0.3, -0.25) is 0 Å². The molecule has 3 rings (SSSR count). The Morgan fingerprint density at radius 1 is 1.22 bits per heavy atom. The fourth-order valence-electron chi connectivity index (χ4n) is 2.33. The molecular weight excluding hydrogens is 334 g/mol. The average molecular weight is 351 g/mol. The molecular formula is C14H17N5O2S2. The van der Waals surface area contributed by atoms with Crippen molar-refractivity contribution in [3.63, 3.8) is 0 Å². The van der Waals surface area contributed by atoms with Crippen LogP contribution in [0.5, 0.6) is 0 Å². The van der Waals surface area contributed by atoms with Crippen LogP contribution in [0.3, 0.4) is 0 Å². The second-order valence-electron chi connectivity index (χ2n) is 5.35. The number of fused-ring (bicyclic) bond motifs is 1. The van der Waals surface area contributed by atoms with Crippen LogP contribution in [0.4, 0.5) is 0 Å². The molecule has 0 amide bonds. The Bertz CT molecular complexity index is 959. The van der Waals surface area contributed by atoms with Crippen molar-refractivity contribution in [1.82, 2.24) is 24.5 Å². The lowest BCUT2D eigenvalue weighted by Crippen LogP contribution is -2.26. The highest BCUT2D eigenvalue weighted by atomic mass is 32.2. The second-order valence-corrected chi connectivity index (χ2v) is 8.13. The molecule has 3 aromatic rings. The summed E-state index contributed by atoms with van der Waals surface area (Å²) in [5.74, 6) is 0.721. The molecule has 7 nitrogen and oxygen atoms in total. The van der Waals surface area contributed by atoms with Gasteiger partial charge in [-0.2, -0.15) is 9.61 Å². The Labute approximate surface area is 138 Å². The number of sulfonamides is 1. The maximum atomic E-state index is 12.4. The molecule has 0 saturated heterocycles. The van der Waals surface area contributed by atoms with E-state index in [0.717, 1.165) is 26.9 Å². The van der Waals surface area contributed by atoms with Gasteiger partial charge in [0.2, 0.25) is 15.0 Å². The van der Waals surface area contributed by atoms with Gasteiger partial charge in [-0.25, -0.2) is 13.1 Å². The van der Waals surface area contributed by atoms with Gasteiger partial charge in [-0.05, 0) is 32.4 Å². The molecule has 0 aliphatic carbocycles. The summed E-state index contributed by atoms with van der Waals surface area (Å²) in [6, 6.07) is 5.30. The van der Waals surface area contributed by atoms with E-state index < -0.39 is 10.0 Å². The second kappa shape index (κ2) is 5.99. The predicted molar refractivity (Wildman–Crippen MR) is 88.2 cm³/mol. The zero-order valence-electron chi connectivity index (χ0n) is 13.1. The molecule has 2 aromatic heterocycles. The van der Waals surface area contributed by atoms with E-state index in [4.69, 9.17) is 0 Å². The van der Waals surface area contributed by atoms with Crippen molar-refractivity contribution in [3.8, 4) is 0 Å². The van der Waals surface area contributed by atoms with Crippen LogP contribution in [-0.2, 0) is 16.4 Å². The van der Waals surface area contributed by atoms with Crippen LogP contribution >= 0.6 is 11.3 Å². The maximum Gasteiger partial charge on any atom is 0.240 e. The van der Waals surface area contributed by atoms with E-state index in [1.165, 1.54) is 11.3 Å². The third-order valence-corrected chi connectivity index (χ3v) is 6.02. The molecule has 0 fully saturated rings. The summed E-state index contributed by atoms with van der Waals surface area (Å²) in [5.41, 5.74) is 1.78. The van der Waals surface area contributed by atoms with Crippen molar-refractivity contribution in [2.24, 2.45) is 0 Å². The van der Waals surface area contributed by atoms with Crippen LogP contribution in [0, 0.1) is 20.8 Å². The summed E-state index contributed by atoms with van der Waals surface area (Å²) in [6.45, 7) is 5.85. The summed E-state index contributed by atoms with van der Waals surface area (Å²) >= 11 is 1.41. The van der Waals surface area contributed by atoms with Gasteiger partial charge >= 0.3 is 0 Å². The molecule has 0 atom stereocenters. The van der Waals surface area contributed by atoms with Crippen LogP contribution < -0.4 is 4.72 Å².